The largest absolute Gasteiger partial charge is 0.416 e. The highest BCUT2D eigenvalue weighted by Crippen LogP contribution is 2.39. The van der Waals surface area contributed by atoms with Crippen LogP contribution in [-0.2, 0) is 23.6 Å². The van der Waals surface area contributed by atoms with Crippen LogP contribution in [0.3, 0.4) is 0 Å². The van der Waals surface area contributed by atoms with Crippen LogP contribution in [0.4, 0.5) is 32.0 Å². The molecule has 1 atom stereocenters. The molecule has 0 aliphatic carbocycles. The number of carbonyl (C=O) groups is 1. The summed E-state index contributed by atoms with van der Waals surface area (Å²) in [4.78, 5) is 33.3. The topological polar surface area (TPSA) is 62.9 Å². The van der Waals surface area contributed by atoms with E-state index in [1.165, 1.54) is 4.90 Å². The van der Waals surface area contributed by atoms with Gasteiger partial charge in [-0.15, -0.1) is 0 Å². The van der Waals surface area contributed by atoms with Crippen LogP contribution in [0.15, 0.2) is 85.2 Å². The number of Topliss-reactive ketones (excluding diaryl/α,β-unsaturated/α-hetero) is 1. The zero-order valence-corrected chi connectivity index (χ0v) is 25.1. The lowest BCUT2D eigenvalue weighted by Crippen LogP contribution is -2.69. The van der Waals surface area contributed by atoms with Crippen molar-refractivity contribution in [3.8, 4) is 0 Å². The Morgan fingerprint density at radius 1 is 0.809 bits per heavy atom. The average Bonchev–Trinajstić information content (AvgIpc) is 3.47. The molecule has 7 nitrogen and oxygen atoms in total. The van der Waals surface area contributed by atoms with Gasteiger partial charge in [0.25, 0.3) is 0 Å². The quantitative estimate of drug-likeness (QED) is 0.148. The van der Waals surface area contributed by atoms with Crippen molar-refractivity contribution in [2.75, 3.05) is 50.7 Å². The summed E-state index contributed by atoms with van der Waals surface area (Å²) in [5, 5.41) is 4.73. The zero-order valence-electron chi connectivity index (χ0n) is 25.1. The minimum absolute atomic E-state index is 0.00556. The van der Waals surface area contributed by atoms with Gasteiger partial charge in [-0.25, -0.2) is 14.8 Å². The molecule has 4 aromatic rings. The van der Waals surface area contributed by atoms with Crippen LogP contribution in [0.2, 0.25) is 0 Å². The van der Waals surface area contributed by atoms with Crippen molar-refractivity contribution >= 4 is 28.3 Å². The van der Waals surface area contributed by atoms with Crippen molar-refractivity contribution in [1.29, 1.82) is 0 Å². The van der Waals surface area contributed by atoms with Gasteiger partial charge in [-0.3, -0.25) is 4.79 Å². The standard InChI is InChI=1S/C34H31F6N5O2/c35-33(36,37)26-18-24(19-27(20-26)34(38,39)40)31(47)32(21-25-22-41-30-9-5-4-8-29(25)30)23-45(15-12-43(32)16-17-46)44-13-10-42(11-14-44)28-6-2-1-3-7-28/h1-9,16,18-20,22,41H,10-15,21,23H2. The molecule has 47 heavy (non-hydrogen) atoms. The molecule has 2 fully saturated rings. The van der Waals surface area contributed by atoms with Gasteiger partial charge in [-0.2, -0.15) is 26.3 Å². The summed E-state index contributed by atoms with van der Waals surface area (Å²) < 4.78 is 83.4. The highest BCUT2D eigenvalue weighted by molar-refractivity contribution is 6.04. The molecule has 6 rings (SSSR count). The maximum Gasteiger partial charge on any atom is 0.416 e. The number of ketones is 1. The number of halogens is 6. The number of aromatic amines is 1. The summed E-state index contributed by atoms with van der Waals surface area (Å²) in [6.07, 6.45) is -7.67. The van der Waals surface area contributed by atoms with Crippen LogP contribution in [0.1, 0.15) is 27.0 Å². The number of benzene rings is 3. The first kappa shape index (κ1) is 32.4. The van der Waals surface area contributed by atoms with Gasteiger partial charge in [-0.1, -0.05) is 36.4 Å². The second kappa shape index (κ2) is 12.6. The Bertz CT molecular complexity index is 1760. The number of nitrogens with one attached hydrogen (secondary N) is 1. The molecule has 0 bridgehead atoms. The van der Waals surface area contributed by atoms with Crippen LogP contribution < -0.4 is 4.90 Å². The van der Waals surface area contributed by atoms with Crippen LogP contribution in [0.5, 0.6) is 0 Å². The number of aromatic nitrogens is 1. The van der Waals surface area contributed by atoms with Crippen LogP contribution >= 0.6 is 0 Å². The molecule has 1 aromatic heterocycles. The number of hydrogen-bond acceptors (Lipinski definition) is 6. The van der Waals surface area contributed by atoms with Crippen molar-refractivity contribution in [2.45, 2.75) is 24.3 Å². The van der Waals surface area contributed by atoms with E-state index in [9.17, 15) is 35.9 Å². The molecule has 1 N–H and O–H groups in total. The van der Waals surface area contributed by atoms with Crippen LogP contribution in [-0.4, -0.2) is 83.0 Å². The van der Waals surface area contributed by atoms with Crippen molar-refractivity contribution in [1.82, 2.24) is 19.9 Å². The Kier molecular flexibility index (Phi) is 8.64. The number of piperazine rings is 2. The number of hydrogen-bond donors (Lipinski definition) is 1. The highest BCUT2D eigenvalue weighted by Gasteiger charge is 2.50. The summed E-state index contributed by atoms with van der Waals surface area (Å²) in [7, 11) is 0. The van der Waals surface area contributed by atoms with E-state index < -0.39 is 40.4 Å². The van der Waals surface area contributed by atoms with Crippen molar-refractivity contribution in [3.63, 3.8) is 0 Å². The first-order valence-corrected chi connectivity index (χ1v) is 15.1. The van der Waals surface area contributed by atoms with E-state index in [2.05, 4.69) is 14.9 Å². The normalized spacial score (nSPS) is 20.0. The van der Waals surface area contributed by atoms with E-state index in [0.717, 1.165) is 22.8 Å². The molecule has 2 aliphatic rings. The van der Waals surface area contributed by atoms with E-state index in [1.807, 2.05) is 53.5 Å². The minimum atomic E-state index is -5.14. The number of H-pyrrole nitrogens is 1. The van der Waals surface area contributed by atoms with Gasteiger partial charge in [0.05, 0.1) is 17.3 Å². The predicted octanol–water partition coefficient (Wildman–Crippen LogP) is 6.07. The molecule has 2 saturated heterocycles. The Morgan fingerprint density at radius 2 is 1.43 bits per heavy atom. The fourth-order valence-electron chi connectivity index (χ4n) is 6.67. The summed E-state index contributed by atoms with van der Waals surface area (Å²) in [5.41, 5.74) is -3.25. The number of rotatable bonds is 7. The molecule has 2 aliphatic heterocycles. The third kappa shape index (κ3) is 6.51. The van der Waals surface area contributed by atoms with Crippen molar-refractivity contribution in [3.05, 3.63) is 107 Å². The maximum absolute atomic E-state index is 14.7. The van der Waals surface area contributed by atoms with E-state index in [1.54, 1.807) is 18.2 Å². The number of hydrazine groups is 1. The summed E-state index contributed by atoms with van der Waals surface area (Å²) in [5.74, 6) is 0.737. The second-order valence-corrected chi connectivity index (χ2v) is 11.8. The minimum Gasteiger partial charge on any atom is -0.369 e. The van der Waals surface area contributed by atoms with E-state index in [-0.39, 0.29) is 25.6 Å². The second-order valence-electron chi connectivity index (χ2n) is 11.8. The van der Waals surface area contributed by atoms with E-state index in [4.69, 9.17) is 0 Å². The molecule has 3 heterocycles. The van der Waals surface area contributed by atoms with Gasteiger partial charge in [0.2, 0.25) is 0 Å². The molecular formula is C34H31F6N5O2. The lowest BCUT2D eigenvalue weighted by molar-refractivity contribution is -0.143. The SMILES string of the molecule is O=C=CN1CCN(N2CCN(c3ccccc3)CC2)CC1(Cc1c[nH]c2ccccc12)C(=O)c1cc(C(F)(F)F)cc(C(F)(F)F)c1. The van der Waals surface area contributed by atoms with Gasteiger partial charge < -0.3 is 14.8 Å². The fourth-order valence-corrected chi connectivity index (χ4v) is 6.67. The lowest BCUT2D eigenvalue weighted by atomic mass is 9.79. The molecule has 0 radical (unpaired) electrons. The molecular weight excluding hydrogens is 624 g/mol. The molecule has 1 unspecified atom stereocenters. The van der Waals surface area contributed by atoms with Crippen molar-refractivity contribution < 1.29 is 35.9 Å². The van der Waals surface area contributed by atoms with Gasteiger partial charge >= 0.3 is 12.4 Å². The number of para-hydroxylation sites is 2. The monoisotopic (exact) mass is 655 g/mol. The molecule has 0 amide bonds. The first-order valence-electron chi connectivity index (χ1n) is 15.1. The van der Waals surface area contributed by atoms with Crippen LogP contribution in [0.25, 0.3) is 10.9 Å². The molecule has 13 heteroatoms. The van der Waals surface area contributed by atoms with Crippen LogP contribution in [0, 0.1) is 0 Å². The summed E-state index contributed by atoms with van der Waals surface area (Å²) in [6.45, 7) is 2.83. The third-order valence-corrected chi connectivity index (χ3v) is 9.01. The Morgan fingerprint density at radius 3 is 2.06 bits per heavy atom. The van der Waals surface area contributed by atoms with E-state index in [0.29, 0.717) is 50.4 Å². The van der Waals surface area contributed by atoms with E-state index >= 15 is 0 Å². The van der Waals surface area contributed by atoms with Gasteiger partial charge in [0.1, 0.15) is 11.5 Å². The smallest absolute Gasteiger partial charge is 0.369 e. The molecule has 0 spiro atoms. The molecule has 0 saturated carbocycles. The number of fused-ring (bicyclic) bond motifs is 1. The van der Waals surface area contributed by atoms with Gasteiger partial charge in [0, 0.05) is 80.6 Å². The first-order chi connectivity index (χ1) is 22.4. The Hall–Kier alpha value is -4.58. The maximum atomic E-state index is 14.7. The van der Waals surface area contributed by atoms with Crippen molar-refractivity contribution in [2.24, 2.45) is 0 Å². The fraction of sp³-hybridized carbons (Fsp3) is 0.324. The number of anilines is 1. The zero-order chi connectivity index (χ0) is 33.4. The Labute approximate surface area is 266 Å². The summed E-state index contributed by atoms with van der Waals surface area (Å²) >= 11 is 0. The average molecular weight is 656 g/mol. The third-order valence-electron chi connectivity index (χ3n) is 9.01. The predicted molar refractivity (Wildman–Crippen MR) is 164 cm³/mol. The number of carbonyl (C=O) groups excluding carboxylic acids is 2. The lowest BCUT2D eigenvalue weighted by Gasteiger charge is -2.53. The van der Waals surface area contributed by atoms with Gasteiger partial charge in [0.15, 0.2) is 5.78 Å². The molecule has 3 aromatic carbocycles. The number of nitrogens with zero attached hydrogens (tertiary/aromatic N) is 4. The van der Waals surface area contributed by atoms with Gasteiger partial charge in [-0.05, 0) is 42.0 Å². The number of alkyl halides is 6. The highest BCUT2D eigenvalue weighted by atomic mass is 19.4. The molecule has 246 valence electrons. The Balaban J connectivity index is 1.43. The summed E-state index contributed by atoms with van der Waals surface area (Å²) in [6, 6.07) is 18.0.